The van der Waals surface area contributed by atoms with Crippen molar-refractivity contribution >= 4 is 57.1 Å². The molecule has 1 aliphatic heterocycles. The molecule has 162 valence electrons. The van der Waals surface area contributed by atoms with E-state index >= 15 is 0 Å². The quantitative estimate of drug-likeness (QED) is 0.441. The summed E-state index contributed by atoms with van der Waals surface area (Å²) in [5, 5.41) is 2.46. The van der Waals surface area contributed by atoms with Crippen molar-refractivity contribution in [3.8, 4) is 11.5 Å². The van der Waals surface area contributed by atoms with E-state index in [1.165, 1.54) is 13.2 Å². The Morgan fingerprint density at radius 1 is 1.23 bits per heavy atom. The number of barbiturate groups is 1. The van der Waals surface area contributed by atoms with Gasteiger partial charge in [0.05, 0.1) is 23.9 Å². The molecular weight excluding hydrogens is 488 g/mol. The zero-order chi connectivity index (χ0) is 22.7. The van der Waals surface area contributed by atoms with Gasteiger partial charge in [0, 0.05) is 4.47 Å². The smallest absolute Gasteiger partial charge is 0.335 e. The Balaban J connectivity index is 2.01. The summed E-state index contributed by atoms with van der Waals surface area (Å²) in [5.41, 5.74) is 0.553. The first-order chi connectivity index (χ1) is 14.7. The number of methoxy groups -OCH3 is 1. The highest BCUT2D eigenvalue weighted by Gasteiger charge is 2.37. The SMILES string of the molecule is CC[C@@H](C)Oc1c(Cl)cc(/C=C2\C(=O)NC(=O)N(c3cccc(Br)c3)C2=O)cc1OC. The summed E-state index contributed by atoms with van der Waals surface area (Å²) >= 11 is 9.69. The van der Waals surface area contributed by atoms with E-state index in [1.54, 1.807) is 36.4 Å². The molecule has 0 aliphatic carbocycles. The maximum absolute atomic E-state index is 13.0. The van der Waals surface area contributed by atoms with Crippen LogP contribution in [0.2, 0.25) is 5.02 Å². The van der Waals surface area contributed by atoms with Crippen molar-refractivity contribution < 1.29 is 23.9 Å². The van der Waals surface area contributed by atoms with Crippen LogP contribution in [0.3, 0.4) is 0 Å². The van der Waals surface area contributed by atoms with Crippen molar-refractivity contribution in [1.29, 1.82) is 0 Å². The van der Waals surface area contributed by atoms with Gasteiger partial charge in [0.2, 0.25) is 0 Å². The van der Waals surface area contributed by atoms with Gasteiger partial charge in [-0.15, -0.1) is 0 Å². The predicted octanol–water partition coefficient (Wildman–Crippen LogP) is 4.95. The lowest BCUT2D eigenvalue weighted by molar-refractivity contribution is -0.122. The van der Waals surface area contributed by atoms with Crippen LogP contribution >= 0.6 is 27.5 Å². The zero-order valence-corrected chi connectivity index (χ0v) is 19.4. The fourth-order valence-corrected chi connectivity index (χ4v) is 3.55. The highest BCUT2D eigenvalue weighted by atomic mass is 79.9. The lowest BCUT2D eigenvalue weighted by Gasteiger charge is -2.26. The van der Waals surface area contributed by atoms with Gasteiger partial charge < -0.3 is 9.47 Å². The highest BCUT2D eigenvalue weighted by molar-refractivity contribution is 9.10. The third-order valence-corrected chi connectivity index (χ3v) is 5.40. The van der Waals surface area contributed by atoms with E-state index in [9.17, 15) is 14.4 Å². The zero-order valence-electron chi connectivity index (χ0n) is 17.1. The number of nitrogens with one attached hydrogen (secondary N) is 1. The predicted molar refractivity (Wildman–Crippen MR) is 122 cm³/mol. The second kappa shape index (κ2) is 9.53. The fourth-order valence-electron chi connectivity index (χ4n) is 2.90. The van der Waals surface area contributed by atoms with Gasteiger partial charge in [0.15, 0.2) is 11.5 Å². The van der Waals surface area contributed by atoms with Crippen molar-refractivity contribution in [2.75, 3.05) is 12.0 Å². The first-order valence-electron chi connectivity index (χ1n) is 9.46. The van der Waals surface area contributed by atoms with Crippen LogP contribution in [0.25, 0.3) is 6.08 Å². The number of hydrogen-bond acceptors (Lipinski definition) is 5. The first kappa shape index (κ1) is 22.8. The number of carbonyl (C=O) groups is 3. The summed E-state index contributed by atoms with van der Waals surface area (Å²) in [5.74, 6) is -0.799. The number of ether oxygens (including phenoxy) is 2. The minimum atomic E-state index is -0.821. The van der Waals surface area contributed by atoms with E-state index in [2.05, 4.69) is 21.2 Å². The molecule has 31 heavy (non-hydrogen) atoms. The molecule has 1 saturated heterocycles. The van der Waals surface area contributed by atoms with Gasteiger partial charge in [-0.05, 0) is 55.3 Å². The molecule has 1 N–H and O–H groups in total. The molecule has 0 saturated carbocycles. The topological polar surface area (TPSA) is 84.9 Å². The molecule has 0 unspecified atom stereocenters. The molecule has 1 atom stereocenters. The second-order valence-corrected chi connectivity index (χ2v) is 8.13. The van der Waals surface area contributed by atoms with Crippen LogP contribution in [0, 0.1) is 0 Å². The number of halogens is 2. The van der Waals surface area contributed by atoms with Crippen LogP contribution in [-0.2, 0) is 9.59 Å². The Morgan fingerprint density at radius 2 is 1.97 bits per heavy atom. The molecule has 9 heteroatoms. The van der Waals surface area contributed by atoms with E-state index in [-0.39, 0.29) is 16.7 Å². The van der Waals surface area contributed by atoms with Crippen LogP contribution in [0.15, 0.2) is 46.4 Å². The van der Waals surface area contributed by atoms with Gasteiger partial charge in [-0.25, -0.2) is 9.69 Å². The molecule has 0 bridgehead atoms. The number of imide groups is 2. The third-order valence-electron chi connectivity index (χ3n) is 4.62. The fraction of sp³-hybridized carbons (Fsp3) is 0.227. The third kappa shape index (κ3) is 4.91. The molecule has 1 fully saturated rings. The van der Waals surface area contributed by atoms with Crippen molar-refractivity contribution in [3.05, 3.63) is 57.0 Å². The molecule has 7 nitrogen and oxygen atoms in total. The van der Waals surface area contributed by atoms with E-state index in [0.29, 0.717) is 27.2 Å². The second-order valence-electron chi connectivity index (χ2n) is 6.81. The van der Waals surface area contributed by atoms with E-state index in [1.807, 2.05) is 13.8 Å². The van der Waals surface area contributed by atoms with Crippen molar-refractivity contribution in [2.24, 2.45) is 0 Å². The van der Waals surface area contributed by atoms with Crippen molar-refractivity contribution in [2.45, 2.75) is 26.4 Å². The minimum absolute atomic E-state index is 0.0777. The standard InChI is InChI=1S/C22H20BrClN2O5/c1-4-12(2)31-19-17(24)9-13(10-18(19)30-3)8-16-20(27)25-22(29)26(21(16)28)15-7-5-6-14(23)11-15/h5-12H,4H2,1-3H3,(H,25,27,29)/b16-8+/t12-/m1/s1. The average Bonchev–Trinajstić information content (AvgIpc) is 2.72. The first-order valence-corrected chi connectivity index (χ1v) is 10.6. The van der Waals surface area contributed by atoms with Crippen LogP contribution in [0.5, 0.6) is 11.5 Å². The lowest BCUT2D eigenvalue weighted by Crippen LogP contribution is -2.54. The monoisotopic (exact) mass is 506 g/mol. The lowest BCUT2D eigenvalue weighted by atomic mass is 10.1. The largest absolute Gasteiger partial charge is 0.493 e. The number of hydrogen-bond donors (Lipinski definition) is 1. The van der Waals surface area contributed by atoms with Gasteiger partial charge in [-0.1, -0.05) is 40.5 Å². The summed E-state index contributed by atoms with van der Waals surface area (Å²) in [6.07, 6.45) is 2.06. The van der Waals surface area contributed by atoms with Crippen LogP contribution in [0.1, 0.15) is 25.8 Å². The van der Waals surface area contributed by atoms with E-state index in [4.69, 9.17) is 21.1 Å². The molecule has 0 aromatic heterocycles. The normalized spacial score (nSPS) is 16.4. The van der Waals surface area contributed by atoms with Gasteiger partial charge in [0.25, 0.3) is 11.8 Å². The number of rotatable bonds is 6. The summed E-state index contributed by atoms with van der Waals surface area (Å²) in [6, 6.07) is 8.99. The Hall–Kier alpha value is -2.84. The number of carbonyl (C=O) groups excluding carboxylic acids is 3. The Bertz CT molecular complexity index is 1090. The number of anilines is 1. The summed E-state index contributed by atoms with van der Waals surface area (Å²) < 4.78 is 11.9. The summed E-state index contributed by atoms with van der Waals surface area (Å²) in [4.78, 5) is 38.7. The molecule has 2 aromatic rings. The van der Waals surface area contributed by atoms with E-state index in [0.717, 1.165) is 11.3 Å². The number of nitrogens with zero attached hydrogens (tertiary/aromatic N) is 1. The molecule has 2 aromatic carbocycles. The van der Waals surface area contributed by atoms with Gasteiger partial charge >= 0.3 is 6.03 Å². The molecule has 3 rings (SSSR count). The van der Waals surface area contributed by atoms with Crippen LogP contribution in [-0.4, -0.2) is 31.1 Å². The van der Waals surface area contributed by atoms with E-state index < -0.39 is 17.8 Å². The number of benzene rings is 2. The highest BCUT2D eigenvalue weighted by Crippen LogP contribution is 2.38. The van der Waals surface area contributed by atoms with Crippen molar-refractivity contribution in [3.63, 3.8) is 0 Å². The molecule has 0 radical (unpaired) electrons. The molecule has 4 amide bonds. The molecular formula is C22H20BrClN2O5. The Kier molecular flexibility index (Phi) is 7.02. The summed E-state index contributed by atoms with van der Waals surface area (Å²) in [7, 11) is 1.47. The van der Waals surface area contributed by atoms with Crippen LogP contribution in [0.4, 0.5) is 10.5 Å². The molecule has 1 aliphatic rings. The average molecular weight is 508 g/mol. The van der Waals surface area contributed by atoms with Gasteiger partial charge in [-0.3, -0.25) is 14.9 Å². The number of amides is 4. The maximum atomic E-state index is 13.0. The molecule has 0 spiro atoms. The minimum Gasteiger partial charge on any atom is -0.493 e. The Morgan fingerprint density at radius 3 is 2.61 bits per heavy atom. The van der Waals surface area contributed by atoms with Crippen LogP contribution < -0.4 is 19.7 Å². The maximum Gasteiger partial charge on any atom is 0.335 e. The Labute approximate surface area is 193 Å². The van der Waals surface area contributed by atoms with Crippen molar-refractivity contribution in [1.82, 2.24) is 5.32 Å². The summed E-state index contributed by atoms with van der Waals surface area (Å²) in [6.45, 7) is 3.89. The van der Waals surface area contributed by atoms with Gasteiger partial charge in [-0.2, -0.15) is 0 Å². The molecule has 1 heterocycles. The van der Waals surface area contributed by atoms with Gasteiger partial charge in [0.1, 0.15) is 5.57 Å². The number of urea groups is 1.